The van der Waals surface area contributed by atoms with Gasteiger partial charge >= 0.3 is 5.97 Å². The van der Waals surface area contributed by atoms with Gasteiger partial charge in [-0.3, -0.25) is 4.79 Å². The topological polar surface area (TPSA) is 84.9 Å². The van der Waals surface area contributed by atoms with Crippen LogP contribution in [0.2, 0.25) is 0 Å². The minimum atomic E-state index is -1.19. The maximum Gasteiger partial charge on any atom is 0.331 e. The Bertz CT molecular complexity index is 731. The maximum atomic E-state index is 11.8. The fourth-order valence-electron chi connectivity index (χ4n) is 2.49. The van der Waals surface area contributed by atoms with Crippen LogP contribution in [0, 0.1) is 0 Å². The van der Waals surface area contributed by atoms with Gasteiger partial charge < -0.3 is 19.9 Å². The van der Waals surface area contributed by atoms with E-state index in [4.69, 9.17) is 9.47 Å². The summed E-state index contributed by atoms with van der Waals surface area (Å²) >= 11 is 0. The van der Waals surface area contributed by atoms with E-state index in [9.17, 15) is 14.7 Å². The highest BCUT2D eigenvalue weighted by Gasteiger charge is 2.29. The Labute approximate surface area is 146 Å². The normalized spacial score (nSPS) is 13.2. The highest BCUT2D eigenvalue weighted by atomic mass is 16.5. The zero-order valence-electron chi connectivity index (χ0n) is 14.4. The predicted octanol–water partition coefficient (Wildman–Crippen LogP) is 1.79. The van der Waals surface area contributed by atoms with Crippen molar-refractivity contribution >= 4 is 22.6 Å². The molecule has 0 saturated heterocycles. The molecule has 6 heteroatoms. The number of benzene rings is 2. The molecule has 0 saturated carbocycles. The number of hydrogen-bond donors (Lipinski definition) is 2. The first kappa shape index (κ1) is 18.9. The van der Waals surface area contributed by atoms with Gasteiger partial charge in [-0.15, -0.1) is 0 Å². The molecule has 0 aliphatic rings. The number of aliphatic hydroxyl groups excluding tert-OH is 1. The molecule has 0 unspecified atom stereocenters. The molecule has 2 atom stereocenters. The van der Waals surface area contributed by atoms with E-state index >= 15 is 0 Å². The second-order valence-corrected chi connectivity index (χ2v) is 5.69. The number of rotatable bonds is 8. The molecule has 0 radical (unpaired) electrons. The van der Waals surface area contributed by atoms with E-state index < -0.39 is 24.0 Å². The van der Waals surface area contributed by atoms with Gasteiger partial charge in [0, 0.05) is 6.92 Å². The molecular weight excluding hydrogens is 322 g/mol. The Hall–Kier alpha value is -2.44. The van der Waals surface area contributed by atoms with Crippen molar-refractivity contribution in [2.24, 2.45) is 0 Å². The zero-order valence-corrected chi connectivity index (χ0v) is 14.4. The molecule has 0 spiro atoms. The van der Waals surface area contributed by atoms with Crippen LogP contribution in [0.3, 0.4) is 0 Å². The smallest absolute Gasteiger partial charge is 0.331 e. The van der Waals surface area contributed by atoms with Gasteiger partial charge in [-0.25, -0.2) is 4.79 Å². The van der Waals surface area contributed by atoms with Crippen molar-refractivity contribution in [1.82, 2.24) is 5.32 Å². The van der Waals surface area contributed by atoms with E-state index in [1.807, 2.05) is 42.5 Å². The zero-order chi connectivity index (χ0) is 18.2. The third-order valence-corrected chi connectivity index (χ3v) is 3.66. The standard InChI is InChI=1S/C19H23NO5/c1-3-25-19(23)18(20-13(2)21)17(22)12-24-11-14-8-9-15-6-4-5-7-16(15)10-14/h4-10,17-18,22H,3,11-12H2,1-2H3,(H,20,21)/t17-,18+/m1/s1. The summed E-state index contributed by atoms with van der Waals surface area (Å²) in [5.74, 6) is -1.11. The van der Waals surface area contributed by atoms with Gasteiger partial charge in [-0.1, -0.05) is 36.4 Å². The average molecular weight is 345 g/mol. The molecule has 2 N–H and O–H groups in total. The van der Waals surface area contributed by atoms with Crippen molar-refractivity contribution in [1.29, 1.82) is 0 Å². The molecule has 25 heavy (non-hydrogen) atoms. The minimum absolute atomic E-state index is 0.101. The molecule has 2 rings (SSSR count). The Balaban J connectivity index is 1.92. The summed E-state index contributed by atoms with van der Waals surface area (Å²) in [5.41, 5.74) is 0.957. The molecule has 2 aromatic rings. The number of nitrogens with one attached hydrogen (secondary N) is 1. The van der Waals surface area contributed by atoms with Crippen LogP contribution in [0.15, 0.2) is 42.5 Å². The molecule has 0 aromatic heterocycles. The number of carbonyl (C=O) groups is 2. The first-order valence-corrected chi connectivity index (χ1v) is 8.18. The lowest BCUT2D eigenvalue weighted by Gasteiger charge is -2.21. The van der Waals surface area contributed by atoms with Crippen LogP contribution in [0.25, 0.3) is 10.8 Å². The Morgan fingerprint density at radius 1 is 1.16 bits per heavy atom. The van der Waals surface area contributed by atoms with Crippen molar-refractivity contribution in [2.75, 3.05) is 13.2 Å². The van der Waals surface area contributed by atoms with Gasteiger partial charge in [-0.2, -0.15) is 0 Å². The summed E-state index contributed by atoms with van der Waals surface area (Å²) in [4.78, 5) is 23.1. The lowest BCUT2D eigenvalue weighted by Crippen LogP contribution is -2.50. The number of fused-ring (bicyclic) bond motifs is 1. The van der Waals surface area contributed by atoms with Crippen molar-refractivity contribution in [2.45, 2.75) is 32.6 Å². The van der Waals surface area contributed by atoms with Crippen molar-refractivity contribution in [3.05, 3.63) is 48.0 Å². The summed E-state index contributed by atoms with van der Waals surface area (Å²) in [5, 5.41) is 14.8. The third kappa shape index (κ3) is 5.55. The van der Waals surface area contributed by atoms with E-state index in [-0.39, 0.29) is 19.8 Å². The summed E-state index contributed by atoms with van der Waals surface area (Å²) in [6.45, 7) is 3.29. The molecule has 1 amide bonds. The van der Waals surface area contributed by atoms with Gasteiger partial charge in [0.05, 0.1) is 19.8 Å². The fraction of sp³-hybridized carbons (Fsp3) is 0.368. The minimum Gasteiger partial charge on any atom is -0.464 e. The first-order valence-electron chi connectivity index (χ1n) is 8.18. The van der Waals surface area contributed by atoms with Crippen LogP contribution in [0.1, 0.15) is 19.4 Å². The highest BCUT2D eigenvalue weighted by molar-refractivity contribution is 5.84. The van der Waals surface area contributed by atoms with Crippen molar-refractivity contribution in [3.63, 3.8) is 0 Å². The van der Waals surface area contributed by atoms with Gasteiger partial charge in [-0.05, 0) is 29.3 Å². The molecule has 0 aliphatic carbocycles. The van der Waals surface area contributed by atoms with Crippen LogP contribution < -0.4 is 5.32 Å². The van der Waals surface area contributed by atoms with Crippen LogP contribution in [-0.4, -0.2) is 42.3 Å². The second kappa shape index (κ2) is 9.15. The van der Waals surface area contributed by atoms with Crippen LogP contribution in [0.4, 0.5) is 0 Å². The van der Waals surface area contributed by atoms with Crippen LogP contribution in [-0.2, 0) is 25.7 Å². The number of amides is 1. The number of esters is 1. The number of carbonyl (C=O) groups excluding carboxylic acids is 2. The number of aliphatic hydroxyl groups is 1. The third-order valence-electron chi connectivity index (χ3n) is 3.66. The molecule has 0 aliphatic heterocycles. The highest BCUT2D eigenvalue weighted by Crippen LogP contribution is 2.16. The summed E-state index contributed by atoms with van der Waals surface area (Å²) < 4.78 is 10.4. The Morgan fingerprint density at radius 2 is 1.88 bits per heavy atom. The lowest BCUT2D eigenvalue weighted by atomic mass is 10.1. The predicted molar refractivity (Wildman–Crippen MR) is 93.8 cm³/mol. The van der Waals surface area contributed by atoms with Crippen LogP contribution >= 0.6 is 0 Å². The van der Waals surface area contributed by atoms with E-state index in [0.29, 0.717) is 0 Å². The fourth-order valence-corrected chi connectivity index (χ4v) is 2.49. The summed E-state index contributed by atoms with van der Waals surface area (Å²) in [6, 6.07) is 12.8. The van der Waals surface area contributed by atoms with Gasteiger partial charge in [0.25, 0.3) is 0 Å². The largest absolute Gasteiger partial charge is 0.464 e. The first-order chi connectivity index (χ1) is 12.0. The van der Waals surface area contributed by atoms with E-state index in [1.165, 1.54) is 6.92 Å². The quantitative estimate of drug-likeness (QED) is 0.713. The van der Waals surface area contributed by atoms with Crippen molar-refractivity contribution < 1.29 is 24.2 Å². The van der Waals surface area contributed by atoms with Gasteiger partial charge in [0.1, 0.15) is 6.10 Å². The molecule has 0 heterocycles. The lowest BCUT2D eigenvalue weighted by molar-refractivity contribution is -0.152. The molecule has 6 nitrogen and oxygen atoms in total. The summed E-state index contributed by atoms with van der Waals surface area (Å²) in [7, 11) is 0. The second-order valence-electron chi connectivity index (χ2n) is 5.69. The van der Waals surface area contributed by atoms with E-state index in [0.717, 1.165) is 16.3 Å². The van der Waals surface area contributed by atoms with Gasteiger partial charge in [0.2, 0.25) is 5.91 Å². The Kier molecular flexibility index (Phi) is 6.91. The summed E-state index contributed by atoms with van der Waals surface area (Å²) in [6.07, 6.45) is -1.19. The number of hydrogen-bond acceptors (Lipinski definition) is 5. The molecule has 134 valence electrons. The molecule has 2 aromatic carbocycles. The van der Waals surface area contributed by atoms with E-state index in [1.54, 1.807) is 6.92 Å². The van der Waals surface area contributed by atoms with Gasteiger partial charge in [0.15, 0.2) is 6.04 Å². The molecular formula is C19H23NO5. The van der Waals surface area contributed by atoms with E-state index in [2.05, 4.69) is 5.32 Å². The SMILES string of the molecule is CCOC(=O)[C@@H](NC(C)=O)[C@H](O)COCc1ccc2ccccc2c1. The molecule has 0 bridgehead atoms. The maximum absolute atomic E-state index is 11.8. The monoisotopic (exact) mass is 345 g/mol. The van der Waals surface area contributed by atoms with Crippen molar-refractivity contribution in [3.8, 4) is 0 Å². The van der Waals surface area contributed by atoms with Crippen LogP contribution in [0.5, 0.6) is 0 Å². The average Bonchev–Trinajstić information content (AvgIpc) is 2.59. The molecule has 0 fully saturated rings. The number of ether oxygens (including phenoxy) is 2. The Morgan fingerprint density at radius 3 is 2.56 bits per heavy atom.